The quantitative estimate of drug-likeness (QED) is 0.525. The number of anilines is 1. The maximum atomic E-state index is 12.6. The van der Waals surface area contributed by atoms with Crippen molar-refractivity contribution in [1.82, 2.24) is 4.48 Å². The lowest BCUT2D eigenvalue weighted by molar-refractivity contribution is -0.305. The van der Waals surface area contributed by atoms with Crippen molar-refractivity contribution in [3.05, 3.63) is 24.3 Å². The van der Waals surface area contributed by atoms with Crippen molar-refractivity contribution < 1.29 is 27.5 Å². The molecule has 1 aliphatic rings. The van der Waals surface area contributed by atoms with Gasteiger partial charge in [0.25, 0.3) is 0 Å². The maximum absolute atomic E-state index is 12.6. The number of hydrogen-bond donors (Lipinski definition) is 1. The molecule has 23 heavy (non-hydrogen) atoms. The fourth-order valence-electron chi connectivity index (χ4n) is 2.88. The highest BCUT2D eigenvalue weighted by atomic mass is 19.4. The second kappa shape index (κ2) is 6.57. The Morgan fingerprint density at radius 2 is 2.00 bits per heavy atom. The number of nitrogens with two attached hydrogens (primary N) is 1. The molecule has 8 heteroatoms. The number of amides is 1. The monoisotopic (exact) mass is 331 g/mol. The fourth-order valence-corrected chi connectivity index (χ4v) is 2.88. The molecular formula is C15H18F3N2O3+. The van der Waals surface area contributed by atoms with Crippen LogP contribution in [0.5, 0.6) is 0 Å². The van der Waals surface area contributed by atoms with E-state index >= 15 is 0 Å². The lowest BCUT2D eigenvalue weighted by Crippen LogP contribution is -2.57. The molecule has 0 radical (unpaired) electrons. The number of quaternary nitrogens is 1. The molecule has 2 N–H and O–H groups in total. The van der Waals surface area contributed by atoms with E-state index in [2.05, 4.69) is 4.74 Å². The number of hydrogen-bond acceptors (Lipinski definition) is 4. The second-order valence-electron chi connectivity index (χ2n) is 5.57. The van der Waals surface area contributed by atoms with Crippen LogP contribution in [0.2, 0.25) is 0 Å². The molecule has 1 aliphatic heterocycles. The first-order valence-electron chi connectivity index (χ1n) is 7.28. The third-order valence-corrected chi connectivity index (χ3v) is 3.90. The molecule has 1 aromatic rings. The molecule has 1 saturated heterocycles. The minimum Gasteiger partial charge on any atom is -0.399 e. The zero-order valence-corrected chi connectivity index (χ0v) is 12.4. The maximum Gasteiger partial charge on any atom is 0.575 e. The lowest BCUT2D eigenvalue weighted by atomic mass is 10.1. The number of nitrogens with zero attached hydrogens (tertiary/aromatic N) is 1. The third kappa shape index (κ3) is 4.22. The van der Waals surface area contributed by atoms with Gasteiger partial charge in [0.2, 0.25) is 0 Å². The molecule has 126 valence electrons. The highest BCUT2D eigenvalue weighted by Crippen LogP contribution is 2.31. The molecule has 1 heterocycles. The van der Waals surface area contributed by atoms with E-state index in [9.17, 15) is 22.8 Å². The Balaban J connectivity index is 2.39. The molecule has 2 rings (SSSR count). The summed E-state index contributed by atoms with van der Waals surface area (Å²) >= 11 is 0. The van der Waals surface area contributed by atoms with Crippen LogP contribution in [0.1, 0.15) is 25.7 Å². The fraction of sp³-hybridized carbons (Fsp3) is 0.467. The van der Waals surface area contributed by atoms with E-state index < -0.39 is 23.4 Å². The number of ether oxygens (including phenoxy) is 1. The van der Waals surface area contributed by atoms with E-state index in [0.717, 1.165) is 6.42 Å². The summed E-state index contributed by atoms with van der Waals surface area (Å²) in [4.78, 5) is 24.3. The van der Waals surface area contributed by atoms with Gasteiger partial charge < -0.3 is 10.5 Å². The van der Waals surface area contributed by atoms with Gasteiger partial charge in [-0.1, -0.05) is 6.07 Å². The lowest BCUT2D eigenvalue weighted by Gasteiger charge is -2.33. The SMILES string of the molecule is Nc1cccc([N+]2(CC(=O)OC(F)(F)F)CCCCCC2=O)c1. The second-order valence-corrected chi connectivity index (χ2v) is 5.57. The first kappa shape index (κ1) is 17.3. The van der Waals surface area contributed by atoms with Crippen molar-refractivity contribution in [3.8, 4) is 0 Å². The van der Waals surface area contributed by atoms with E-state index in [1.54, 1.807) is 18.2 Å². The van der Waals surface area contributed by atoms with Crippen LogP contribution in [0, 0.1) is 0 Å². The first-order chi connectivity index (χ1) is 10.7. The molecule has 5 nitrogen and oxygen atoms in total. The molecular weight excluding hydrogens is 313 g/mol. The Morgan fingerprint density at radius 3 is 2.65 bits per heavy atom. The predicted octanol–water partition coefficient (Wildman–Crippen LogP) is 2.74. The summed E-state index contributed by atoms with van der Waals surface area (Å²) in [5, 5.41) is 0. The molecule has 1 unspecified atom stereocenters. The Bertz CT molecular complexity index is 604. The topological polar surface area (TPSA) is 69.4 Å². The van der Waals surface area contributed by atoms with Gasteiger partial charge in [0, 0.05) is 11.8 Å². The van der Waals surface area contributed by atoms with E-state index in [1.807, 2.05) is 0 Å². The number of nitrogen functional groups attached to an aromatic ring is 1. The van der Waals surface area contributed by atoms with Crippen molar-refractivity contribution in [2.24, 2.45) is 0 Å². The number of rotatable bonds is 3. The van der Waals surface area contributed by atoms with Crippen LogP contribution in [0.25, 0.3) is 0 Å². The van der Waals surface area contributed by atoms with Gasteiger partial charge in [0.15, 0.2) is 6.54 Å². The van der Waals surface area contributed by atoms with Crippen LogP contribution in [0.3, 0.4) is 0 Å². The average Bonchev–Trinajstić information content (AvgIpc) is 2.60. The Kier molecular flexibility index (Phi) is 4.93. The van der Waals surface area contributed by atoms with Gasteiger partial charge in [-0.3, -0.25) is 0 Å². The highest BCUT2D eigenvalue weighted by molar-refractivity contribution is 5.93. The largest absolute Gasteiger partial charge is 0.575 e. The van der Waals surface area contributed by atoms with Crippen LogP contribution >= 0.6 is 0 Å². The van der Waals surface area contributed by atoms with Crippen molar-refractivity contribution in [1.29, 1.82) is 0 Å². The Hall–Kier alpha value is -2.09. The van der Waals surface area contributed by atoms with Crippen LogP contribution < -0.4 is 10.2 Å². The van der Waals surface area contributed by atoms with E-state index in [-0.39, 0.29) is 18.9 Å². The summed E-state index contributed by atoms with van der Waals surface area (Å²) in [5.41, 5.74) is 6.51. The van der Waals surface area contributed by atoms with Gasteiger partial charge >= 0.3 is 18.2 Å². The average molecular weight is 331 g/mol. The van der Waals surface area contributed by atoms with Crippen molar-refractivity contribution in [2.45, 2.75) is 32.0 Å². The van der Waals surface area contributed by atoms with E-state index in [4.69, 9.17) is 5.73 Å². The third-order valence-electron chi connectivity index (χ3n) is 3.90. The molecule has 1 atom stereocenters. The van der Waals surface area contributed by atoms with E-state index in [0.29, 0.717) is 24.2 Å². The van der Waals surface area contributed by atoms with Crippen molar-refractivity contribution in [2.75, 3.05) is 18.8 Å². The number of carbonyl (C=O) groups excluding carboxylic acids is 2. The summed E-state index contributed by atoms with van der Waals surface area (Å²) in [7, 11) is 0. The van der Waals surface area contributed by atoms with Crippen LogP contribution in [0.15, 0.2) is 24.3 Å². The summed E-state index contributed by atoms with van der Waals surface area (Å²) in [6.45, 7) is -0.447. The summed E-state index contributed by atoms with van der Waals surface area (Å²) < 4.78 is 39.8. The van der Waals surface area contributed by atoms with Crippen LogP contribution in [-0.4, -0.2) is 31.3 Å². The molecule has 0 bridgehead atoms. The smallest absolute Gasteiger partial charge is 0.399 e. The minimum absolute atomic E-state index is 0.202. The number of carbonyl (C=O) groups is 2. The first-order valence-corrected chi connectivity index (χ1v) is 7.28. The predicted molar refractivity (Wildman–Crippen MR) is 78.0 cm³/mol. The Labute approximate surface area is 131 Å². The van der Waals surface area contributed by atoms with Gasteiger partial charge in [-0.2, -0.15) is 0 Å². The Morgan fingerprint density at radius 1 is 1.26 bits per heavy atom. The standard InChI is InChI=1S/C15H18F3N2O3/c16-15(17,18)23-14(22)10-20(8-3-1-2-7-13(20)21)12-6-4-5-11(19)9-12/h4-6,9H,1-3,7-8,10,19H2/q+1. The summed E-state index contributed by atoms with van der Waals surface area (Å²) in [6, 6.07) is 6.33. The number of benzene rings is 1. The summed E-state index contributed by atoms with van der Waals surface area (Å²) in [5.74, 6) is -1.78. The van der Waals surface area contributed by atoms with Gasteiger partial charge in [-0.05, 0) is 31.4 Å². The minimum atomic E-state index is -5.06. The van der Waals surface area contributed by atoms with Crippen LogP contribution in [0.4, 0.5) is 24.5 Å². The van der Waals surface area contributed by atoms with Crippen molar-refractivity contribution in [3.63, 3.8) is 0 Å². The number of esters is 1. The number of alkyl halides is 3. The van der Waals surface area contributed by atoms with Gasteiger partial charge in [-0.25, -0.2) is 14.1 Å². The molecule has 0 aliphatic carbocycles. The zero-order chi connectivity index (χ0) is 17.1. The van der Waals surface area contributed by atoms with Crippen LogP contribution in [-0.2, 0) is 14.3 Å². The number of likely N-dealkylation sites (tertiary alicyclic amines) is 1. The molecule has 1 amide bonds. The molecule has 1 aromatic carbocycles. The molecule has 0 spiro atoms. The normalized spacial score (nSPS) is 22.5. The highest BCUT2D eigenvalue weighted by Gasteiger charge is 2.45. The van der Waals surface area contributed by atoms with Gasteiger partial charge in [0.05, 0.1) is 13.0 Å². The molecule has 1 fully saturated rings. The van der Waals surface area contributed by atoms with E-state index in [1.165, 1.54) is 6.07 Å². The zero-order valence-electron chi connectivity index (χ0n) is 12.4. The van der Waals surface area contributed by atoms with Gasteiger partial charge in [0.1, 0.15) is 5.69 Å². The van der Waals surface area contributed by atoms with Crippen molar-refractivity contribution >= 4 is 23.3 Å². The molecule has 0 aromatic heterocycles. The van der Waals surface area contributed by atoms with Gasteiger partial charge in [-0.15, -0.1) is 13.2 Å². The summed E-state index contributed by atoms with van der Waals surface area (Å²) in [6.07, 6.45) is -2.81. The number of halogens is 3. The molecule has 0 saturated carbocycles.